The molecule has 0 radical (unpaired) electrons. The van der Waals surface area contributed by atoms with E-state index in [1.807, 2.05) is 36.4 Å². The Morgan fingerprint density at radius 1 is 0.350 bits per heavy atom. The van der Waals surface area contributed by atoms with Crippen molar-refractivity contribution in [3.05, 3.63) is 206 Å². The molecule has 0 atom stereocenters. The van der Waals surface area contributed by atoms with Gasteiger partial charge < -0.3 is 8.98 Å². The fourth-order valence-corrected chi connectivity index (χ4v) is 8.75. The second-order valence-electron chi connectivity index (χ2n) is 15.2. The van der Waals surface area contributed by atoms with Crippen LogP contribution in [0.3, 0.4) is 0 Å². The molecule has 0 fully saturated rings. The molecule has 0 saturated heterocycles. The fourth-order valence-electron chi connectivity index (χ4n) is 8.75. The lowest BCUT2D eigenvalue weighted by Crippen LogP contribution is -2.00. The first-order valence-electron chi connectivity index (χ1n) is 20.2. The number of furan rings is 1. The van der Waals surface area contributed by atoms with E-state index < -0.39 is 0 Å². The summed E-state index contributed by atoms with van der Waals surface area (Å²) in [7, 11) is 0. The maximum Gasteiger partial charge on any atom is 0.164 e. The first kappa shape index (κ1) is 33.9. The number of para-hydroxylation sites is 1. The predicted molar refractivity (Wildman–Crippen MR) is 246 cm³/mol. The molecule has 3 aromatic heterocycles. The zero-order valence-electron chi connectivity index (χ0n) is 32.3. The molecule has 12 aromatic rings. The zero-order chi connectivity index (χ0) is 39.6. The average Bonchev–Trinajstić information content (AvgIpc) is 3.87. The molecule has 0 aliphatic rings. The summed E-state index contributed by atoms with van der Waals surface area (Å²) in [4.78, 5) is 15.2. The highest BCUT2D eigenvalue weighted by molar-refractivity contribution is 6.17. The van der Waals surface area contributed by atoms with Crippen LogP contribution in [0.2, 0.25) is 0 Å². The Kier molecular flexibility index (Phi) is 7.78. The lowest BCUT2D eigenvalue weighted by molar-refractivity contribution is 0.670. The van der Waals surface area contributed by atoms with Crippen LogP contribution in [0.4, 0.5) is 0 Å². The van der Waals surface area contributed by atoms with Crippen molar-refractivity contribution >= 4 is 54.5 Å². The maximum absolute atomic E-state index is 7.03. The van der Waals surface area contributed by atoms with E-state index in [-0.39, 0.29) is 0 Å². The first-order chi connectivity index (χ1) is 29.7. The summed E-state index contributed by atoms with van der Waals surface area (Å²) in [6.45, 7) is 0. The first-order valence-corrected chi connectivity index (χ1v) is 20.2. The third-order valence-corrected chi connectivity index (χ3v) is 11.6. The van der Waals surface area contributed by atoms with Gasteiger partial charge in [-0.2, -0.15) is 0 Å². The molecule has 0 aliphatic carbocycles. The quantitative estimate of drug-likeness (QED) is 0.169. The summed E-state index contributed by atoms with van der Waals surface area (Å²) in [5, 5.41) is 6.76. The number of benzene rings is 9. The van der Waals surface area contributed by atoms with E-state index in [2.05, 4.69) is 174 Å². The summed E-state index contributed by atoms with van der Waals surface area (Å²) in [6.07, 6.45) is 0. The predicted octanol–water partition coefficient (Wildman–Crippen LogP) is 14.4. The fraction of sp³-hybridized carbons (Fsp3) is 0. The Bertz CT molecular complexity index is 3590. The van der Waals surface area contributed by atoms with Crippen molar-refractivity contribution in [3.8, 4) is 62.1 Å². The van der Waals surface area contributed by atoms with Crippen LogP contribution >= 0.6 is 0 Å². The molecule has 0 aliphatic heterocycles. The van der Waals surface area contributed by atoms with Gasteiger partial charge in [-0.05, 0) is 76.0 Å². The molecule has 5 heteroatoms. The van der Waals surface area contributed by atoms with Crippen LogP contribution < -0.4 is 0 Å². The summed E-state index contributed by atoms with van der Waals surface area (Å²) >= 11 is 0. The third-order valence-electron chi connectivity index (χ3n) is 11.6. The molecule has 60 heavy (non-hydrogen) atoms. The van der Waals surface area contributed by atoms with E-state index >= 15 is 0 Å². The summed E-state index contributed by atoms with van der Waals surface area (Å²) < 4.78 is 9.43. The molecule has 0 spiro atoms. The van der Waals surface area contributed by atoms with E-state index in [1.165, 1.54) is 27.3 Å². The molecule has 0 N–H and O–H groups in total. The van der Waals surface area contributed by atoms with Gasteiger partial charge in [0.25, 0.3) is 0 Å². The monoisotopic (exact) mass is 766 g/mol. The lowest BCUT2D eigenvalue weighted by Gasteiger charge is -2.12. The summed E-state index contributed by atoms with van der Waals surface area (Å²) in [5.74, 6) is 1.81. The minimum Gasteiger partial charge on any atom is -0.455 e. The Morgan fingerprint density at radius 3 is 1.70 bits per heavy atom. The minimum atomic E-state index is 0.578. The number of fused-ring (bicyclic) bond motifs is 7. The standard InChI is InChI=1S/C55H34N4O/c1-4-14-35(15-5-1)40-27-30-48-46(33-40)44-22-12-13-23-47(44)59(48)49-31-29-43(37-17-6-2-7-18-37)52-51(49)45-28-26-42(34-50(45)60-52)55-57-53(38-19-8-3-9-20-38)56-54(58-55)41-25-24-36-16-10-11-21-39(36)32-41/h1-34H. The molecule has 0 bridgehead atoms. The molecular weight excluding hydrogens is 733 g/mol. The zero-order valence-corrected chi connectivity index (χ0v) is 32.3. The van der Waals surface area contributed by atoms with Gasteiger partial charge in [0.1, 0.15) is 11.2 Å². The lowest BCUT2D eigenvalue weighted by atomic mass is 10.00. The van der Waals surface area contributed by atoms with E-state index in [0.717, 1.165) is 71.9 Å². The van der Waals surface area contributed by atoms with Gasteiger partial charge in [0, 0.05) is 38.4 Å². The highest BCUT2D eigenvalue weighted by atomic mass is 16.3. The van der Waals surface area contributed by atoms with Gasteiger partial charge in [-0.1, -0.05) is 158 Å². The molecule has 0 amide bonds. The van der Waals surface area contributed by atoms with E-state index in [0.29, 0.717) is 17.5 Å². The molecular formula is C55H34N4O. The van der Waals surface area contributed by atoms with Gasteiger partial charge in [-0.3, -0.25) is 0 Å². The van der Waals surface area contributed by atoms with Crippen LogP contribution in [0.5, 0.6) is 0 Å². The van der Waals surface area contributed by atoms with Crippen LogP contribution in [-0.2, 0) is 0 Å². The van der Waals surface area contributed by atoms with Crippen molar-refractivity contribution in [1.82, 2.24) is 19.5 Å². The topological polar surface area (TPSA) is 56.7 Å². The Morgan fingerprint density at radius 2 is 0.933 bits per heavy atom. The van der Waals surface area contributed by atoms with Crippen molar-refractivity contribution in [2.75, 3.05) is 0 Å². The average molecular weight is 767 g/mol. The maximum atomic E-state index is 7.03. The van der Waals surface area contributed by atoms with Gasteiger partial charge in [0.05, 0.1) is 22.1 Å². The number of hydrogen-bond acceptors (Lipinski definition) is 4. The number of hydrogen-bond donors (Lipinski definition) is 0. The van der Waals surface area contributed by atoms with Crippen LogP contribution in [0.1, 0.15) is 0 Å². The SMILES string of the molecule is c1ccc(-c2ccc3c(c2)c2ccccc2n3-c2ccc(-c3ccccc3)c3oc4cc(-c5nc(-c6ccccc6)nc(-c6ccc7ccccc7c6)n5)ccc4c23)cc1. The van der Waals surface area contributed by atoms with E-state index in [4.69, 9.17) is 19.4 Å². The number of aromatic nitrogens is 4. The smallest absolute Gasteiger partial charge is 0.164 e. The van der Waals surface area contributed by atoms with Crippen molar-refractivity contribution in [2.24, 2.45) is 0 Å². The second-order valence-corrected chi connectivity index (χ2v) is 15.2. The number of rotatable bonds is 6. The molecule has 0 unspecified atom stereocenters. The third kappa shape index (κ3) is 5.59. The van der Waals surface area contributed by atoms with Crippen molar-refractivity contribution in [1.29, 1.82) is 0 Å². The minimum absolute atomic E-state index is 0.578. The Hall–Kier alpha value is -8.15. The van der Waals surface area contributed by atoms with Crippen molar-refractivity contribution in [3.63, 3.8) is 0 Å². The van der Waals surface area contributed by atoms with Crippen molar-refractivity contribution < 1.29 is 4.42 Å². The van der Waals surface area contributed by atoms with Gasteiger partial charge in [0.15, 0.2) is 17.5 Å². The Balaban J connectivity index is 1.08. The van der Waals surface area contributed by atoms with Gasteiger partial charge in [-0.25, -0.2) is 15.0 Å². The molecule has 9 aromatic carbocycles. The second kappa shape index (κ2) is 13.8. The van der Waals surface area contributed by atoms with E-state index in [1.54, 1.807) is 0 Å². The molecule has 280 valence electrons. The van der Waals surface area contributed by atoms with Crippen LogP contribution in [0, 0.1) is 0 Å². The van der Waals surface area contributed by atoms with Gasteiger partial charge in [0.2, 0.25) is 0 Å². The summed E-state index contributed by atoms with van der Waals surface area (Å²) in [6, 6.07) is 72.2. The molecule has 0 saturated carbocycles. The molecule has 5 nitrogen and oxygen atoms in total. The Labute approximate surface area is 345 Å². The highest BCUT2D eigenvalue weighted by Crippen LogP contribution is 2.44. The van der Waals surface area contributed by atoms with Crippen molar-refractivity contribution in [2.45, 2.75) is 0 Å². The van der Waals surface area contributed by atoms with Crippen LogP contribution in [0.15, 0.2) is 211 Å². The van der Waals surface area contributed by atoms with E-state index in [9.17, 15) is 0 Å². The van der Waals surface area contributed by atoms with Crippen LogP contribution in [0.25, 0.3) is 117 Å². The molecule has 3 heterocycles. The summed E-state index contributed by atoms with van der Waals surface area (Å²) in [5.41, 5.74) is 12.1. The van der Waals surface area contributed by atoms with Gasteiger partial charge in [-0.15, -0.1) is 0 Å². The van der Waals surface area contributed by atoms with Gasteiger partial charge >= 0.3 is 0 Å². The largest absolute Gasteiger partial charge is 0.455 e. The molecule has 12 rings (SSSR count). The van der Waals surface area contributed by atoms with Crippen LogP contribution in [-0.4, -0.2) is 19.5 Å². The highest BCUT2D eigenvalue weighted by Gasteiger charge is 2.22. The normalized spacial score (nSPS) is 11.7. The number of nitrogens with zero attached hydrogens (tertiary/aromatic N) is 4.